The quantitative estimate of drug-likeness (QED) is 0.430. The lowest BCUT2D eigenvalue weighted by Crippen LogP contribution is -2.43. The molecule has 2 aromatic rings. The average Bonchev–Trinajstić information content (AvgIpc) is 3.06. The molecule has 2 N–H and O–H groups in total. The third-order valence-corrected chi connectivity index (χ3v) is 4.65. The van der Waals surface area contributed by atoms with Gasteiger partial charge in [0.15, 0.2) is 5.96 Å². The van der Waals surface area contributed by atoms with Crippen LogP contribution in [0.5, 0.6) is 0 Å². The molecule has 0 saturated carbocycles. The largest absolute Gasteiger partial charge is 0.370 e. The Hall–Kier alpha value is -1.57. The molecular weight excluding hydrogens is 425 g/mol. The second-order valence-electron chi connectivity index (χ2n) is 6.64. The first-order chi connectivity index (χ1) is 11.7. The van der Waals surface area contributed by atoms with Crippen molar-refractivity contribution < 1.29 is 0 Å². The average molecular weight is 453 g/mol. The Balaban J connectivity index is 0.00000225. The Bertz CT molecular complexity index is 667. The second-order valence-corrected chi connectivity index (χ2v) is 6.64. The minimum absolute atomic E-state index is 0. The summed E-state index contributed by atoms with van der Waals surface area (Å²) in [6, 6.07) is 10.5. The van der Waals surface area contributed by atoms with E-state index in [1.165, 1.54) is 18.4 Å². The fourth-order valence-corrected chi connectivity index (χ4v) is 3.24. The summed E-state index contributed by atoms with van der Waals surface area (Å²) in [4.78, 5) is 11.2. The lowest BCUT2D eigenvalue weighted by molar-refractivity contribution is 0.270. The van der Waals surface area contributed by atoms with E-state index in [-0.39, 0.29) is 24.0 Å². The maximum absolute atomic E-state index is 6.18. The molecule has 1 unspecified atom stereocenters. The van der Waals surface area contributed by atoms with Crippen LogP contribution in [0.3, 0.4) is 0 Å². The van der Waals surface area contributed by atoms with Gasteiger partial charge in [-0.25, -0.2) is 9.98 Å². The van der Waals surface area contributed by atoms with Gasteiger partial charge in [-0.2, -0.15) is 0 Å². The molecule has 1 atom stereocenters. The molecule has 1 aromatic heterocycles. The Kier molecular flexibility index (Phi) is 7.74. The number of rotatable bonds is 5. The third-order valence-electron chi connectivity index (χ3n) is 4.65. The molecule has 1 aromatic carbocycles. The molecule has 6 heteroatoms. The van der Waals surface area contributed by atoms with Gasteiger partial charge >= 0.3 is 0 Å². The fraction of sp³-hybridized carbons (Fsp3) is 0.474. The number of hydrogen-bond acceptors (Lipinski definition) is 2. The van der Waals surface area contributed by atoms with Gasteiger partial charge < -0.3 is 15.2 Å². The smallest absolute Gasteiger partial charge is 0.191 e. The van der Waals surface area contributed by atoms with E-state index in [1.54, 1.807) is 0 Å². The van der Waals surface area contributed by atoms with Crippen molar-refractivity contribution in [2.75, 3.05) is 13.1 Å². The van der Waals surface area contributed by atoms with Crippen molar-refractivity contribution >= 4 is 29.9 Å². The molecule has 25 heavy (non-hydrogen) atoms. The number of imidazole rings is 1. The van der Waals surface area contributed by atoms with Gasteiger partial charge in [-0.1, -0.05) is 37.3 Å². The summed E-state index contributed by atoms with van der Waals surface area (Å²) in [6.07, 6.45) is 7.34. The van der Waals surface area contributed by atoms with Crippen molar-refractivity contribution in [3.8, 4) is 0 Å². The van der Waals surface area contributed by atoms with Crippen molar-refractivity contribution in [3.63, 3.8) is 0 Å². The normalized spacial score (nSPS) is 18.0. The summed E-state index contributed by atoms with van der Waals surface area (Å²) < 4.78 is 2.17. The van der Waals surface area contributed by atoms with Crippen LogP contribution in [0.1, 0.15) is 31.2 Å². The molecule has 136 valence electrons. The first-order valence-corrected chi connectivity index (χ1v) is 8.81. The van der Waals surface area contributed by atoms with Crippen molar-refractivity contribution in [2.45, 2.75) is 39.3 Å². The lowest BCUT2D eigenvalue weighted by atomic mass is 10.0. The number of aryl methyl sites for hydroxylation is 2. The molecule has 0 radical (unpaired) electrons. The number of nitrogens with two attached hydrogens (primary N) is 1. The van der Waals surface area contributed by atoms with E-state index in [0.717, 1.165) is 31.9 Å². The summed E-state index contributed by atoms with van der Waals surface area (Å²) in [5.74, 6) is 2.32. The standard InChI is InChI=1S/C19H27N5.HI/c1-16-6-5-11-24(15-16)19(20)22-14-18-21-10-13-23(18)12-9-17-7-3-2-4-8-17;/h2-4,7-8,10,13,16H,5-6,9,11-12,14-15H2,1H3,(H2,20,22);1H. The number of halogens is 1. The number of hydrogen-bond donors (Lipinski definition) is 1. The molecule has 0 amide bonds. The van der Waals surface area contributed by atoms with Crippen LogP contribution in [-0.4, -0.2) is 33.5 Å². The van der Waals surface area contributed by atoms with E-state index in [1.807, 2.05) is 18.5 Å². The van der Waals surface area contributed by atoms with Crippen molar-refractivity contribution in [1.82, 2.24) is 14.5 Å². The van der Waals surface area contributed by atoms with Crippen LogP contribution in [0.2, 0.25) is 0 Å². The predicted molar refractivity (Wildman–Crippen MR) is 113 cm³/mol. The van der Waals surface area contributed by atoms with Gasteiger partial charge in [-0.05, 0) is 30.7 Å². The van der Waals surface area contributed by atoms with Crippen LogP contribution in [0, 0.1) is 5.92 Å². The van der Waals surface area contributed by atoms with Crippen molar-refractivity contribution in [2.24, 2.45) is 16.6 Å². The molecule has 0 spiro atoms. The molecule has 1 fully saturated rings. The van der Waals surface area contributed by atoms with E-state index in [2.05, 4.69) is 50.6 Å². The first kappa shape index (κ1) is 19.8. The van der Waals surface area contributed by atoms with Crippen LogP contribution < -0.4 is 5.73 Å². The number of guanidine groups is 1. The highest BCUT2D eigenvalue weighted by Gasteiger charge is 2.17. The predicted octanol–water partition coefficient (Wildman–Crippen LogP) is 3.29. The Labute approximate surface area is 167 Å². The Morgan fingerprint density at radius 3 is 2.88 bits per heavy atom. The topological polar surface area (TPSA) is 59.4 Å². The Morgan fingerprint density at radius 2 is 2.12 bits per heavy atom. The zero-order valence-electron chi connectivity index (χ0n) is 14.8. The van der Waals surface area contributed by atoms with E-state index in [4.69, 9.17) is 5.73 Å². The van der Waals surface area contributed by atoms with Crippen LogP contribution >= 0.6 is 24.0 Å². The first-order valence-electron chi connectivity index (χ1n) is 8.81. The monoisotopic (exact) mass is 453 g/mol. The van der Waals surface area contributed by atoms with E-state index in [0.29, 0.717) is 18.4 Å². The van der Waals surface area contributed by atoms with Gasteiger partial charge in [0.25, 0.3) is 0 Å². The highest BCUT2D eigenvalue weighted by molar-refractivity contribution is 14.0. The van der Waals surface area contributed by atoms with Crippen molar-refractivity contribution in [1.29, 1.82) is 0 Å². The minimum Gasteiger partial charge on any atom is -0.370 e. The molecule has 1 saturated heterocycles. The van der Waals surface area contributed by atoms with Gasteiger partial charge in [-0.3, -0.25) is 0 Å². The van der Waals surface area contributed by atoms with Crippen LogP contribution in [0.4, 0.5) is 0 Å². The summed E-state index contributed by atoms with van der Waals surface area (Å²) in [6.45, 7) is 5.75. The zero-order chi connectivity index (χ0) is 16.8. The summed E-state index contributed by atoms with van der Waals surface area (Å²) >= 11 is 0. The summed E-state index contributed by atoms with van der Waals surface area (Å²) in [7, 11) is 0. The summed E-state index contributed by atoms with van der Waals surface area (Å²) in [5, 5.41) is 0. The molecular formula is C19H28IN5. The van der Waals surface area contributed by atoms with Crippen LogP contribution in [0.15, 0.2) is 47.7 Å². The van der Waals surface area contributed by atoms with Gasteiger partial charge in [0.1, 0.15) is 12.4 Å². The zero-order valence-corrected chi connectivity index (χ0v) is 17.2. The summed E-state index contributed by atoms with van der Waals surface area (Å²) in [5.41, 5.74) is 7.52. The third kappa shape index (κ3) is 5.73. The molecule has 1 aliphatic rings. The molecule has 1 aliphatic heterocycles. The van der Waals surface area contributed by atoms with Gasteiger partial charge in [0, 0.05) is 32.0 Å². The van der Waals surface area contributed by atoms with E-state index in [9.17, 15) is 0 Å². The molecule has 0 aliphatic carbocycles. The van der Waals surface area contributed by atoms with E-state index < -0.39 is 0 Å². The van der Waals surface area contributed by atoms with Gasteiger partial charge in [0.2, 0.25) is 0 Å². The molecule has 5 nitrogen and oxygen atoms in total. The maximum atomic E-state index is 6.18. The highest BCUT2D eigenvalue weighted by atomic mass is 127. The fourth-order valence-electron chi connectivity index (χ4n) is 3.24. The lowest BCUT2D eigenvalue weighted by Gasteiger charge is -2.31. The number of aromatic nitrogens is 2. The van der Waals surface area contributed by atoms with Gasteiger partial charge in [-0.15, -0.1) is 24.0 Å². The van der Waals surface area contributed by atoms with Crippen molar-refractivity contribution in [3.05, 3.63) is 54.1 Å². The molecule has 3 rings (SSSR count). The number of aliphatic imine (C=N–C) groups is 1. The second kappa shape index (κ2) is 9.79. The minimum atomic E-state index is 0. The number of benzene rings is 1. The van der Waals surface area contributed by atoms with Gasteiger partial charge in [0.05, 0.1) is 0 Å². The Morgan fingerprint density at radius 1 is 1.32 bits per heavy atom. The molecule has 0 bridgehead atoms. The SMILES string of the molecule is CC1CCCN(C(N)=NCc2nccn2CCc2ccccc2)C1.I. The van der Waals surface area contributed by atoms with Crippen LogP contribution in [-0.2, 0) is 19.5 Å². The number of piperidine rings is 1. The van der Waals surface area contributed by atoms with E-state index >= 15 is 0 Å². The number of nitrogens with zero attached hydrogens (tertiary/aromatic N) is 4. The van der Waals surface area contributed by atoms with Crippen LogP contribution in [0.25, 0.3) is 0 Å². The highest BCUT2D eigenvalue weighted by Crippen LogP contribution is 2.15. The number of likely N-dealkylation sites (tertiary alicyclic amines) is 1. The maximum Gasteiger partial charge on any atom is 0.191 e. The molecule has 2 heterocycles.